The molecule has 0 aromatic heterocycles. The number of carbonyl (C=O) groups is 2. The summed E-state index contributed by atoms with van der Waals surface area (Å²) in [5.41, 5.74) is -0.322. The number of halogens is 3. The zero-order valence-corrected chi connectivity index (χ0v) is 16.5. The summed E-state index contributed by atoms with van der Waals surface area (Å²) in [7, 11) is 1.52. The van der Waals surface area contributed by atoms with Crippen molar-refractivity contribution in [1.29, 1.82) is 0 Å². The summed E-state index contributed by atoms with van der Waals surface area (Å²) in [4.78, 5) is 30.7. The van der Waals surface area contributed by atoms with Crippen molar-refractivity contribution < 1.29 is 27.5 Å². The summed E-state index contributed by atoms with van der Waals surface area (Å²) in [5.74, 6) is -0.341. The first-order valence-corrected chi connectivity index (χ1v) is 9.80. The molecule has 7 nitrogen and oxygen atoms in total. The van der Waals surface area contributed by atoms with E-state index in [2.05, 4.69) is 10.2 Å². The van der Waals surface area contributed by atoms with E-state index >= 15 is 0 Å². The van der Waals surface area contributed by atoms with Crippen molar-refractivity contribution in [2.45, 2.75) is 12.2 Å². The van der Waals surface area contributed by atoms with Crippen LogP contribution in [-0.4, -0.2) is 79.6 Å². The summed E-state index contributed by atoms with van der Waals surface area (Å²) in [6, 6.07) is 3.39. The first-order valence-electron chi connectivity index (χ1n) is 9.80. The van der Waals surface area contributed by atoms with Crippen LogP contribution in [0.3, 0.4) is 0 Å². The zero-order valence-electron chi connectivity index (χ0n) is 16.5. The number of hydrogen-bond donors (Lipinski definition) is 1. The Hall–Kier alpha value is -2.59. The summed E-state index contributed by atoms with van der Waals surface area (Å²) >= 11 is 0. The maximum Gasteiger partial charge on any atom is 0.416 e. The predicted octanol–water partition coefficient (Wildman–Crippen LogP) is 1.83. The van der Waals surface area contributed by atoms with E-state index in [4.69, 9.17) is 4.74 Å². The molecule has 30 heavy (non-hydrogen) atoms. The lowest BCUT2D eigenvalue weighted by Gasteiger charge is -2.32. The monoisotopic (exact) mass is 424 g/mol. The van der Waals surface area contributed by atoms with E-state index in [1.807, 2.05) is 0 Å². The number of urea groups is 1. The number of likely N-dealkylation sites (N-methyl/N-ethyl adjacent to an activating group) is 1. The lowest BCUT2D eigenvalue weighted by Crippen LogP contribution is -2.45. The fourth-order valence-corrected chi connectivity index (χ4v) is 4.13. The molecule has 4 rings (SSSR count). The molecule has 1 aromatic rings. The van der Waals surface area contributed by atoms with Gasteiger partial charge < -0.3 is 15.0 Å². The van der Waals surface area contributed by atoms with Crippen molar-refractivity contribution in [3.05, 3.63) is 46.7 Å². The van der Waals surface area contributed by atoms with E-state index in [9.17, 15) is 22.8 Å². The molecular weight excluding hydrogens is 401 g/mol. The molecule has 0 saturated carbocycles. The molecule has 1 fully saturated rings. The second-order valence-electron chi connectivity index (χ2n) is 7.57. The van der Waals surface area contributed by atoms with Crippen LogP contribution >= 0.6 is 0 Å². The SMILES string of the molecule is CN1C(=O)NC(c2ccccc2C(F)(F)F)C2=C1CN(CCN1CCOCC1)C2=O. The molecule has 1 unspecified atom stereocenters. The molecule has 0 aliphatic carbocycles. The molecule has 1 aromatic carbocycles. The molecule has 3 heterocycles. The Morgan fingerprint density at radius 3 is 2.53 bits per heavy atom. The Morgan fingerprint density at radius 2 is 1.83 bits per heavy atom. The normalized spacial score (nSPS) is 23.1. The lowest BCUT2D eigenvalue weighted by molar-refractivity contribution is -0.138. The minimum absolute atomic E-state index is 0.123. The van der Waals surface area contributed by atoms with Gasteiger partial charge >= 0.3 is 12.2 Å². The molecule has 1 atom stereocenters. The molecule has 0 spiro atoms. The maximum absolute atomic E-state index is 13.6. The number of benzene rings is 1. The van der Waals surface area contributed by atoms with Gasteiger partial charge in [0, 0.05) is 33.2 Å². The minimum atomic E-state index is -4.59. The topological polar surface area (TPSA) is 65.1 Å². The Balaban J connectivity index is 1.61. The van der Waals surface area contributed by atoms with Gasteiger partial charge in [0.1, 0.15) is 0 Å². The molecule has 3 aliphatic rings. The molecule has 162 valence electrons. The van der Waals surface area contributed by atoms with Crippen LogP contribution in [0.5, 0.6) is 0 Å². The predicted molar refractivity (Wildman–Crippen MR) is 101 cm³/mol. The second kappa shape index (κ2) is 7.92. The first kappa shape index (κ1) is 20.7. The van der Waals surface area contributed by atoms with Gasteiger partial charge in [-0.05, 0) is 11.6 Å². The molecule has 1 N–H and O–H groups in total. The Bertz CT molecular complexity index is 880. The van der Waals surface area contributed by atoms with Gasteiger partial charge in [0.2, 0.25) is 0 Å². The Kier molecular flexibility index (Phi) is 5.46. The highest BCUT2D eigenvalue weighted by molar-refractivity contribution is 6.01. The fraction of sp³-hybridized carbons (Fsp3) is 0.500. The van der Waals surface area contributed by atoms with Crippen LogP contribution in [-0.2, 0) is 15.7 Å². The largest absolute Gasteiger partial charge is 0.416 e. The van der Waals surface area contributed by atoms with Crippen LogP contribution in [0.4, 0.5) is 18.0 Å². The number of amides is 3. The van der Waals surface area contributed by atoms with Crippen LogP contribution in [0.25, 0.3) is 0 Å². The van der Waals surface area contributed by atoms with Gasteiger partial charge in [-0.2, -0.15) is 13.2 Å². The highest BCUT2D eigenvalue weighted by Crippen LogP contribution is 2.41. The summed E-state index contributed by atoms with van der Waals surface area (Å²) in [5, 5.41) is 2.58. The number of alkyl halides is 3. The molecule has 0 bridgehead atoms. The van der Waals surface area contributed by atoms with Crippen molar-refractivity contribution in [2.24, 2.45) is 0 Å². The van der Waals surface area contributed by atoms with E-state index in [0.717, 1.165) is 19.2 Å². The molecule has 1 saturated heterocycles. The van der Waals surface area contributed by atoms with Crippen molar-refractivity contribution in [2.75, 3.05) is 53.0 Å². The zero-order chi connectivity index (χ0) is 21.5. The van der Waals surface area contributed by atoms with Crippen LogP contribution in [0, 0.1) is 0 Å². The third-order valence-electron chi connectivity index (χ3n) is 5.80. The van der Waals surface area contributed by atoms with Gasteiger partial charge in [-0.3, -0.25) is 14.6 Å². The van der Waals surface area contributed by atoms with Gasteiger partial charge in [0.05, 0.1) is 42.6 Å². The summed E-state index contributed by atoms with van der Waals surface area (Å²) in [6.07, 6.45) is -4.59. The molecule has 3 amide bonds. The third kappa shape index (κ3) is 3.77. The van der Waals surface area contributed by atoms with Crippen molar-refractivity contribution in [3.8, 4) is 0 Å². The number of nitrogens with one attached hydrogen (secondary N) is 1. The average molecular weight is 424 g/mol. The van der Waals surface area contributed by atoms with Crippen LogP contribution in [0.1, 0.15) is 17.2 Å². The van der Waals surface area contributed by atoms with Crippen molar-refractivity contribution in [1.82, 2.24) is 20.0 Å². The van der Waals surface area contributed by atoms with Gasteiger partial charge in [0.15, 0.2) is 0 Å². The number of nitrogens with zero attached hydrogens (tertiary/aromatic N) is 3. The standard InChI is InChI=1S/C20H23F3N4O3/c1-25-15-12-27(7-6-26-8-10-30-11-9-26)18(28)16(15)17(24-19(25)29)13-4-2-3-5-14(13)20(21,22)23/h2-5,17H,6-12H2,1H3,(H,24,29). The number of rotatable bonds is 4. The lowest BCUT2D eigenvalue weighted by atomic mass is 9.92. The summed E-state index contributed by atoms with van der Waals surface area (Å²) in [6.45, 7) is 4.10. The van der Waals surface area contributed by atoms with Crippen LogP contribution in [0.15, 0.2) is 35.5 Å². The van der Waals surface area contributed by atoms with Gasteiger partial charge in [-0.15, -0.1) is 0 Å². The number of ether oxygens (including phenoxy) is 1. The molecular formula is C20H23F3N4O3. The highest BCUT2D eigenvalue weighted by atomic mass is 19.4. The second-order valence-corrected chi connectivity index (χ2v) is 7.57. The van der Waals surface area contributed by atoms with Crippen molar-refractivity contribution in [3.63, 3.8) is 0 Å². The highest BCUT2D eigenvalue weighted by Gasteiger charge is 2.45. The first-order chi connectivity index (χ1) is 14.3. The smallest absolute Gasteiger partial charge is 0.379 e. The van der Waals surface area contributed by atoms with Gasteiger partial charge in [-0.1, -0.05) is 18.2 Å². The van der Waals surface area contributed by atoms with E-state index in [1.165, 1.54) is 30.1 Å². The van der Waals surface area contributed by atoms with Crippen LogP contribution < -0.4 is 5.32 Å². The van der Waals surface area contributed by atoms with Crippen molar-refractivity contribution >= 4 is 11.9 Å². The third-order valence-corrected chi connectivity index (χ3v) is 5.80. The minimum Gasteiger partial charge on any atom is -0.379 e. The van der Waals surface area contributed by atoms with E-state index in [0.29, 0.717) is 32.0 Å². The quantitative estimate of drug-likeness (QED) is 0.801. The van der Waals surface area contributed by atoms with Gasteiger partial charge in [-0.25, -0.2) is 4.79 Å². The average Bonchev–Trinajstić information content (AvgIpc) is 3.06. The number of morpholine rings is 1. The number of hydrogen-bond acceptors (Lipinski definition) is 4. The molecule has 10 heteroatoms. The van der Waals surface area contributed by atoms with E-state index in [1.54, 1.807) is 4.90 Å². The summed E-state index contributed by atoms with van der Waals surface area (Å²) < 4.78 is 46.0. The molecule has 3 aliphatic heterocycles. The Labute approximate surface area is 172 Å². The fourth-order valence-electron chi connectivity index (χ4n) is 4.13. The van der Waals surface area contributed by atoms with Crippen LogP contribution in [0.2, 0.25) is 0 Å². The van der Waals surface area contributed by atoms with Gasteiger partial charge in [0.25, 0.3) is 5.91 Å². The maximum atomic E-state index is 13.6. The van der Waals surface area contributed by atoms with E-state index < -0.39 is 23.8 Å². The number of carbonyl (C=O) groups excluding carboxylic acids is 2. The van der Waals surface area contributed by atoms with E-state index in [-0.39, 0.29) is 23.6 Å². The Morgan fingerprint density at radius 1 is 1.13 bits per heavy atom. The molecule has 0 radical (unpaired) electrons.